The Morgan fingerprint density at radius 3 is 0.500 bits per heavy atom. The minimum atomic E-state index is 0. The maximum Gasteiger partial charge on any atom is 2.00 e. The summed E-state index contributed by atoms with van der Waals surface area (Å²) >= 11 is 0. The predicted octanol–water partition coefficient (Wildman–Crippen LogP) is -5.24. The zero-order valence-electron chi connectivity index (χ0n) is 9.31. The molecule has 0 heterocycles. The van der Waals surface area contributed by atoms with Gasteiger partial charge in [-0.2, -0.15) is 0 Å². The Morgan fingerprint density at radius 1 is 0.500 bits per heavy atom. The van der Waals surface area contributed by atoms with Gasteiger partial charge in [0.15, 0.2) is 0 Å². The third-order valence-corrected chi connectivity index (χ3v) is 0. The summed E-state index contributed by atoms with van der Waals surface area (Å²) in [6.07, 6.45) is 0. The van der Waals surface area contributed by atoms with Crippen molar-refractivity contribution in [2.45, 2.75) is 0 Å². The molecule has 0 radical (unpaired) electrons. The third-order valence-electron chi connectivity index (χ3n) is 0. The van der Waals surface area contributed by atoms with Crippen LogP contribution in [0.1, 0.15) is 5.71 Å². The summed E-state index contributed by atoms with van der Waals surface area (Å²) in [7, 11) is 0. The summed E-state index contributed by atoms with van der Waals surface area (Å²) in [5, 5.41) is 12.0. The maximum atomic E-state index is 6.00. The van der Waals surface area contributed by atoms with E-state index in [9.17, 15) is 0 Å². The molecule has 10 heteroatoms. The van der Waals surface area contributed by atoms with Crippen LogP contribution in [-0.4, -0.2) is 141 Å². The van der Waals surface area contributed by atoms with Gasteiger partial charge < -0.3 is 38.6 Å². The SMILES string of the molecule is O.O.O.O.O.O.OO.[Ba+2].[Ba+2].[H-].[H-].[H-].[H-]. The predicted molar refractivity (Wildman–Crippen MR) is 42.9 cm³/mol. The molecule has 0 atom stereocenters. The van der Waals surface area contributed by atoms with E-state index >= 15 is 0 Å². The van der Waals surface area contributed by atoms with Gasteiger partial charge in [-0.3, -0.25) is 10.5 Å². The minimum absolute atomic E-state index is 0. The summed E-state index contributed by atoms with van der Waals surface area (Å²) in [5.41, 5.74) is 0. The van der Waals surface area contributed by atoms with Crippen molar-refractivity contribution in [3.8, 4) is 0 Å². The van der Waals surface area contributed by atoms with Gasteiger partial charge in [-0.05, 0) is 0 Å². The van der Waals surface area contributed by atoms with Crippen molar-refractivity contribution in [3.05, 3.63) is 0 Å². The first-order valence-electron chi connectivity index (χ1n) is 0.200. The minimum Gasteiger partial charge on any atom is -1.00 e. The van der Waals surface area contributed by atoms with Crippen LogP contribution >= 0.6 is 0 Å². The zero-order valence-corrected chi connectivity index (χ0v) is 14.2. The topological polar surface area (TPSA) is 229 Å². The van der Waals surface area contributed by atoms with Crippen LogP contribution in [0.25, 0.3) is 0 Å². The van der Waals surface area contributed by atoms with Gasteiger partial charge >= 0.3 is 97.8 Å². The van der Waals surface area contributed by atoms with Crippen LogP contribution in [0.15, 0.2) is 0 Å². The summed E-state index contributed by atoms with van der Waals surface area (Å²) in [4.78, 5) is 0. The number of hydrogen-bond donors (Lipinski definition) is 2. The van der Waals surface area contributed by atoms with Gasteiger partial charge in [0.1, 0.15) is 0 Å². The average Bonchev–Trinajstić information content (AvgIpc) is 1.00. The molecule has 0 rings (SSSR count). The van der Waals surface area contributed by atoms with Crippen molar-refractivity contribution >= 4 is 97.8 Å². The van der Waals surface area contributed by atoms with E-state index in [2.05, 4.69) is 0 Å². The Bertz CT molecular complexity index is 19.3. The quantitative estimate of drug-likeness (QED) is 0.222. The second kappa shape index (κ2) is 174. The van der Waals surface area contributed by atoms with E-state index < -0.39 is 0 Å². The van der Waals surface area contributed by atoms with E-state index in [-0.39, 0.29) is 136 Å². The van der Waals surface area contributed by atoms with Crippen molar-refractivity contribution in [1.29, 1.82) is 0 Å². The second-order valence-electron chi connectivity index (χ2n) is 0. The standard InChI is InChI=1S/2Ba.H2O2.6H2O.4H/c;;1-2;;;;;;;;;;/h;;1-2H;6*1H2;;;;/q2*+2;;;;;;;;4*-1. The van der Waals surface area contributed by atoms with Crippen molar-refractivity contribution in [2.75, 3.05) is 0 Å². The fraction of sp³-hybridized carbons (Fsp3) is 0. The molecule has 0 spiro atoms. The summed E-state index contributed by atoms with van der Waals surface area (Å²) in [6.45, 7) is 0. The molecule has 10 heavy (non-hydrogen) atoms. The molecule has 0 aliphatic rings. The summed E-state index contributed by atoms with van der Waals surface area (Å²) in [6, 6.07) is 0. The Kier molecular flexibility index (Phi) is 2130. The van der Waals surface area contributed by atoms with Crippen LogP contribution in [0.5, 0.6) is 0 Å². The third kappa shape index (κ3) is 131. The molecule has 0 aromatic carbocycles. The Morgan fingerprint density at radius 2 is 0.500 bits per heavy atom. The van der Waals surface area contributed by atoms with Gasteiger partial charge in [0.2, 0.25) is 0 Å². The molecule has 0 aromatic rings. The van der Waals surface area contributed by atoms with Gasteiger partial charge in [0, 0.05) is 0 Å². The van der Waals surface area contributed by atoms with Crippen molar-refractivity contribution in [3.63, 3.8) is 0 Å². The molecule has 8 nitrogen and oxygen atoms in total. The van der Waals surface area contributed by atoms with Crippen LogP contribution in [-0.2, 0) is 0 Å². The monoisotopic (exact) mass is 422 g/mol. The molecular formula is H18Ba2O8. The first-order chi connectivity index (χ1) is 1.00. The molecule has 0 unspecified atom stereocenters. The first kappa shape index (κ1) is 123. The molecule has 0 aliphatic carbocycles. The van der Waals surface area contributed by atoms with Crippen molar-refractivity contribution < 1.29 is 49.1 Å². The normalized spacial score (nSPS) is 0.600. The smallest absolute Gasteiger partial charge is 1.00 e. The maximum absolute atomic E-state index is 6.00. The number of hydrogen-bond acceptors (Lipinski definition) is 2. The molecule has 0 amide bonds. The van der Waals surface area contributed by atoms with Crippen LogP contribution in [0, 0.1) is 0 Å². The van der Waals surface area contributed by atoms with Crippen molar-refractivity contribution in [2.24, 2.45) is 0 Å². The van der Waals surface area contributed by atoms with E-state index in [4.69, 9.17) is 10.5 Å². The Labute approximate surface area is 144 Å². The molecule has 14 N–H and O–H groups in total. The Hall–Kier alpha value is 2.82. The van der Waals surface area contributed by atoms with Gasteiger partial charge in [-0.25, -0.2) is 0 Å². The fourth-order valence-electron chi connectivity index (χ4n) is 0. The molecule has 0 fully saturated rings. The number of rotatable bonds is 0. The fourth-order valence-corrected chi connectivity index (χ4v) is 0. The van der Waals surface area contributed by atoms with E-state index in [1.54, 1.807) is 0 Å². The summed E-state index contributed by atoms with van der Waals surface area (Å²) in [5.74, 6) is 0. The molecule has 0 saturated carbocycles. The Balaban J connectivity index is -0.0000000000758. The summed E-state index contributed by atoms with van der Waals surface area (Å²) < 4.78 is 0. The van der Waals surface area contributed by atoms with Crippen LogP contribution in [0.3, 0.4) is 0 Å². The first-order valence-corrected chi connectivity index (χ1v) is 0.200. The van der Waals surface area contributed by atoms with Gasteiger partial charge in [0.05, 0.1) is 0 Å². The zero-order chi connectivity index (χ0) is 2.00. The molecule has 0 aliphatic heterocycles. The van der Waals surface area contributed by atoms with E-state index in [1.165, 1.54) is 0 Å². The average molecular weight is 421 g/mol. The largest absolute Gasteiger partial charge is 2.00 e. The molecular weight excluding hydrogens is 403 g/mol. The second-order valence-corrected chi connectivity index (χ2v) is 0. The molecule has 0 bridgehead atoms. The van der Waals surface area contributed by atoms with Gasteiger partial charge in [-0.15, -0.1) is 0 Å². The van der Waals surface area contributed by atoms with Crippen LogP contribution in [0.4, 0.5) is 0 Å². The van der Waals surface area contributed by atoms with Gasteiger partial charge in [0.25, 0.3) is 0 Å². The molecule has 0 aromatic heterocycles. The molecule has 70 valence electrons. The van der Waals surface area contributed by atoms with Crippen LogP contribution < -0.4 is 0 Å². The van der Waals surface area contributed by atoms with Crippen molar-refractivity contribution in [1.82, 2.24) is 0 Å². The molecule has 0 saturated heterocycles. The van der Waals surface area contributed by atoms with Crippen LogP contribution in [0.2, 0.25) is 0 Å². The van der Waals surface area contributed by atoms with Gasteiger partial charge in [-0.1, -0.05) is 0 Å². The van der Waals surface area contributed by atoms with E-state index in [1.807, 2.05) is 0 Å². The van der Waals surface area contributed by atoms with E-state index in [0.717, 1.165) is 0 Å². The van der Waals surface area contributed by atoms with E-state index in [0.29, 0.717) is 0 Å².